The van der Waals surface area contributed by atoms with Gasteiger partial charge in [-0.2, -0.15) is 0 Å². The minimum atomic E-state index is 0.994. The first kappa shape index (κ1) is 4.54. The molecule has 0 spiro atoms. The molecule has 0 heteroatoms. The molecule has 4 atom stereocenters. The van der Waals surface area contributed by atoms with Crippen molar-refractivity contribution in [1.82, 2.24) is 0 Å². The van der Waals surface area contributed by atoms with E-state index in [-0.39, 0.29) is 0 Å². The molecule has 48 valence electrons. The van der Waals surface area contributed by atoms with Gasteiger partial charge in [-0.05, 0) is 42.9 Å². The highest BCUT2D eigenvalue weighted by Crippen LogP contribution is 2.65. The van der Waals surface area contributed by atoms with Gasteiger partial charge in [0, 0.05) is 0 Å². The van der Waals surface area contributed by atoms with Gasteiger partial charge in [-0.25, -0.2) is 0 Å². The van der Waals surface area contributed by atoms with Crippen LogP contribution in [-0.2, 0) is 0 Å². The van der Waals surface area contributed by atoms with Crippen molar-refractivity contribution in [1.29, 1.82) is 0 Å². The molecule has 0 heterocycles. The Kier molecular flexibility index (Phi) is 0.564. The van der Waals surface area contributed by atoms with Crippen LogP contribution < -0.4 is 0 Å². The van der Waals surface area contributed by atoms with Crippen LogP contribution in [0.25, 0.3) is 0 Å². The number of fused-ring (bicyclic) bond motifs is 1. The smallest absolute Gasteiger partial charge is 0.0166 e. The molecule has 0 nitrogen and oxygen atoms in total. The molecule has 3 fully saturated rings. The Morgan fingerprint density at radius 2 is 1.78 bits per heavy atom. The van der Waals surface area contributed by atoms with Crippen LogP contribution in [0.5, 0.6) is 0 Å². The van der Waals surface area contributed by atoms with Crippen molar-refractivity contribution in [3.8, 4) is 0 Å². The summed E-state index contributed by atoms with van der Waals surface area (Å²) in [6.45, 7) is 4.12. The van der Waals surface area contributed by atoms with Crippen LogP contribution in [0.1, 0.15) is 19.3 Å². The molecule has 3 saturated carbocycles. The summed E-state index contributed by atoms with van der Waals surface area (Å²) in [6.07, 6.45) is 4.55. The molecule has 0 aromatic heterocycles. The van der Waals surface area contributed by atoms with E-state index >= 15 is 0 Å². The zero-order valence-corrected chi connectivity index (χ0v) is 5.64. The Balaban J connectivity index is 2.06. The average Bonchev–Trinajstić information content (AvgIpc) is 2.40. The number of rotatable bonds is 0. The monoisotopic (exact) mass is 120 g/mol. The van der Waals surface area contributed by atoms with Gasteiger partial charge in [0.25, 0.3) is 0 Å². The summed E-state index contributed by atoms with van der Waals surface area (Å²) in [5, 5.41) is 0. The second-order valence-electron chi connectivity index (χ2n) is 4.02. The van der Waals surface area contributed by atoms with Gasteiger partial charge in [-0.3, -0.25) is 0 Å². The molecule has 0 aromatic carbocycles. The lowest BCUT2D eigenvalue weighted by Crippen LogP contribution is -2.36. The Morgan fingerprint density at radius 1 is 1.11 bits per heavy atom. The second-order valence-corrected chi connectivity index (χ2v) is 4.02. The van der Waals surface area contributed by atoms with Gasteiger partial charge >= 0.3 is 0 Å². The van der Waals surface area contributed by atoms with E-state index in [9.17, 15) is 0 Å². The van der Waals surface area contributed by atoms with Gasteiger partial charge in [0.1, 0.15) is 0 Å². The second kappa shape index (κ2) is 1.12. The largest absolute Gasteiger partial charge is 0.0993 e. The SMILES string of the molecule is C=C1[C@H]2CC3CC2[C@H]1C3. The molecule has 0 saturated heterocycles. The molecule has 0 aliphatic heterocycles. The van der Waals surface area contributed by atoms with E-state index in [1.165, 1.54) is 12.8 Å². The Bertz CT molecular complexity index is 164. The summed E-state index contributed by atoms with van der Waals surface area (Å²) in [7, 11) is 0. The summed E-state index contributed by atoms with van der Waals surface area (Å²) in [5.41, 5.74) is 1.61. The summed E-state index contributed by atoms with van der Waals surface area (Å²) in [5.74, 6) is 4.22. The molecule has 3 aliphatic rings. The van der Waals surface area contributed by atoms with Crippen molar-refractivity contribution in [2.75, 3.05) is 0 Å². The number of hydrogen-bond acceptors (Lipinski definition) is 0. The molecule has 9 heavy (non-hydrogen) atoms. The first-order chi connectivity index (χ1) is 4.36. The normalized spacial score (nSPS) is 60.2. The first-order valence-corrected chi connectivity index (χ1v) is 4.05. The fraction of sp³-hybridized carbons (Fsp3) is 0.778. The van der Waals surface area contributed by atoms with Gasteiger partial charge in [-0.1, -0.05) is 12.2 Å². The molecule has 0 radical (unpaired) electrons. The summed E-state index contributed by atoms with van der Waals surface area (Å²) >= 11 is 0. The topological polar surface area (TPSA) is 0 Å². The van der Waals surface area contributed by atoms with Crippen molar-refractivity contribution < 1.29 is 0 Å². The highest BCUT2D eigenvalue weighted by atomic mass is 14.6. The third kappa shape index (κ3) is 0.331. The van der Waals surface area contributed by atoms with Crippen LogP contribution in [-0.4, -0.2) is 0 Å². The van der Waals surface area contributed by atoms with Crippen LogP contribution in [0.3, 0.4) is 0 Å². The Morgan fingerprint density at radius 3 is 2.11 bits per heavy atom. The molecule has 0 aromatic rings. The van der Waals surface area contributed by atoms with E-state index < -0.39 is 0 Å². The standard InChI is InChI=1S/C9H12/c1-5-7-2-6-3-8(5)9(7)4-6/h6-9H,1-4H2/t6?,7-,8+,9?. The first-order valence-electron chi connectivity index (χ1n) is 4.05. The van der Waals surface area contributed by atoms with Gasteiger partial charge in [0.05, 0.1) is 0 Å². The maximum Gasteiger partial charge on any atom is -0.0166 e. The summed E-state index contributed by atoms with van der Waals surface area (Å²) in [4.78, 5) is 0. The average molecular weight is 120 g/mol. The van der Waals surface area contributed by atoms with E-state index in [1.807, 2.05) is 0 Å². The number of allylic oxidation sites excluding steroid dienone is 1. The van der Waals surface area contributed by atoms with Crippen LogP contribution in [0, 0.1) is 23.7 Å². The lowest BCUT2D eigenvalue weighted by molar-refractivity contribution is 0.185. The molecule has 2 bridgehead atoms. The maximum atomic E-state index is 4.12. The fourth-order valence-corrected chi connectivity index (χ4v) is 3.36. The highest BCUT2D eigenvalue weighted by molar-refractivity contribution is 5.27. The van der Waals surface area contributed by atoms with Gasteiger partial charge < -0.3 is 0 Å². The molecule has 3 aliphatic carbocycles. The maximum absolute atomic E-state index is 4.12. The Labute approximate surface area is 56.0 Å². The summed E-state index contributed by atoms with van der Waals surface area (Å²) in [6, 6.07) is 0. The van der Waals surface area contributed by atoms with Crippen LogP contribution in [0.4, 0.5) is 0 Å². The molecular formula is C9H12. The lowest BCUT2D eigenvalue weighted by Gasteiger charge is -2.44. The van der Waals surface area contributed by atoms with Crippen LogP contribution in [0.2, 0.25) is 0 Å². The van der Waals surface area contributed by atoms with Gasteiger partial charge in [-0.15, -0.1) is 0 Å². The number of hydrogen-bond donors (Lipinski definition) is 0. The van der Waals surface area contributed by atoms with Crippen molar-refractivity contribution in [2.45, 2.75) is 19.3 Å². The zero-order chi connectivity index (χ0) is 6.01. The third-order valence-corrected chi connectivity index (χ3v) is 3.77. The third-order valence-electron chi connectivity index (χ3n) is 3.77. The minimum absolute atomic E-state index is 0.994. The van der Waals surface area contributed by atoms with Gasteiger partial charge in [0.15, 0.2) is 0 Å². The van der Waals surface area contributed by atoms with E-state index in [4.69, 9.17) is 0 Å². The predicted octanol–water partition coefficient (Wildman–Crippen LogP) is 2.22. The van der Waals surface area contributed by atoms with Gasteiger partial charge in [0.2, 0.25) is 0 Å². The van der Waals surface area contributed by atoms with E-state index in [0.717, 1.165) is 23.7 Å². The van der Waals surface area contributed by atoms with E-state index in [0.29, 0.717) is 0 Å². The molecule has 3 rings (SSSR count). The van der Waals surface area contributed by atoms with E-state index in [2.05, 4.69) is 6.58 Å². The Hall–Kier alpha value is -0.260. The molecular weight excluding hydrogens is 108 g/mol. The highest BCUT2D eigenvalue weighted by Gasteiger charge is 2.56. The predicted molar refractivity (Wildman–Crippen MR) is 37.0 cm³/mol. The summed E-state index contributed by atoms with van der Waals surface area (Å²) < 4.78 is 0. The molecule has 2 unspecified atom stereocenters. The van der Waals surface area contributed by atoms with Crippen molar-refractivity contribution in [2.24, 2.45) is 23.7 Å². The van der Waals surface area contributed by atoms with E-state index in [1.54, 1.807) is 12.0 Å². The fourth-order valence-electron chi connectivity index (χ4n) is 3.36. The van der Waals surface area contributed by atoms with Crippen molar-refractivity contribution >= 4 is 0 Å². The van der Waals surface area contributed by atoms with Crippen molar-refractivity contribution in [3.63, 3.8) is 0 Å². The minimum Gasteiger partial charge on any atom is -0.0993 e. The van der Waals surface area contributed by atoms with Crippen molar-refractivity contribution in [3.05, 3.63) is 12.2 Å². The van der Waals surface area contributed by atoms with Crippen LogP contribution in [0.15, 0.2) is 12.2 Å². The molecule has 0 amide bonds. The zero-order valence-electron chi connectivity index (χ0n) is 5.64. The molecule has 0 N–H and O–H groups in total. The van der Waals surface area contributed by atoms with Crippen LogP contribution >= 0.6 is 0 Å². The quantitative estimate of drug-likeness (QED) is 0.430. The lowest BCUT2D eigenvalue weighted by atomic mass is 9.60.